The normalized spacial score (nSPS) is 16.5. The molecule has 180 valence electrons. The molecule has 32 heavy (non-hydrogen) atoms. The molecule has 0 aliphatic carbocycles. The van der Waals surface area contributed by atoms with E-state index >= 15 is 0 Å². The minimum Gasteiger partial charge on any atom is -0.368 e. The van der Waals surface area contributed by atoms with E-state index in [2.05, 4.69) is 16.1 Å². The number of piperazine rings is 1. The molecule has 1 heterocycles. The third-order valence-corrected chi connectivity index (χ3v) is 5.69. The molecular formula is C21H30Cl2F3N5O. The fourth-order valence-corrected chi connectivity index (χ4v) is 3.77. The first kappa shape index (κ1) is 26.5. The van der Waals surface area contributed by atoms with Gasteiger partial charge in [0.05, 0.1) is 5.38 Å². The Balaban J connectivity index is 2.00. The molecule has 11 heteroatoms. The van der Waals surface area contributed by atoms with Crippen LogP contribution in [0.3, 0.4) is 0 Å². The van der Waals surface area contributed by atoms with Gasteiger partial charge in [-0.25, -0.2) is 0 Å². The molecule has 0 saturated carbocycles. The Kier molecular flexibility index (Phi) is 9.48. The molecule has 1 aliphatic heterocycles. The Morgan fingerprint density at radius 1 is 1.22 bits per heavy atom. The lowest BCUT2D eigenvalue weighted by Crippen LogP contribution is -2.51. The van der Waals surface area contributed by atoms with Crippen molar-refractivity contribution < 1.29 is 18.0 Å². The van der Waals surface area contributed by atoms with Gasteiger partial charge in [0.2, 0.25) is 5.91 Å². The lowest BCUT2D eigenvalue weighted by molar-refractivity contribution is -0.132. The van der Waals surface area contributed by atoms with E-state index in [-0.39, 0.29) is 19.0 Å². The van der Waals surface area contributed by atoms with Crippen LogP contribution < -0.4 is 4.90 Å². The molecular weight excluding hydrogens is 466 g/mol. The highest BCUT2D eigenvalue weighted by Gasteiger charge is 2.39. The van der Waals surface area contributed by atoms with E-state index in [0.29, 0.717) is 31.2 Å². The van der Waals surface area contributed by atoms with Crippen molar-refractivity contribution in [1.82, 2.24) is 14.8 Å². The number of benzene rings is 1. The number of alkyl halides is 4. The van der Waals surface area contributed by atoms with Crippen LogP contribution in [0.2, 0.25) is 5.02 Å². The molecule has 1 fully saturated rings. The second kappa shape index (κ2) is 11.4. The summed E-state index contributed by atoms with van der Waals surface area (Å²) in [5.74, 6) is -0.261. The van der Waals surface area contributed by atoms with E-state index in [9.17, 15) is 18.0 Å². The van der Waals surface area contributed by atoms with Gasteiger partial charge in [0.1, 0.15) is 6.54 Å². The molecule has 2 rings (SSSR count). The smallest absolute Gasteiger partial charge is 0.368 e. The lowest BCUT2D eigenvalue weighted by atomic mass is 10.1. The zero-order valence-corrected chi connectivity index (χ0v) is 20.3. The number of hydrogen-bond acceptors (Lipinski definition) is 5. The van der Waals surface area contributed by atoms with Crippen molar-refractivity contribution in [2.24, 2.45) is 5.10 Å². The monoisotopic (exact) mass is 495 g/mol. The molecule has 0 bridgehead atoms. The number of likely N-dealkylation sites (N-methyl/N-ethyl adjacent to an activating group) is 1. The predicted octanol–water partition coefficient (Wildman–Crippen LogP) is 3.92. The zero-order valence-electron chi connectivity index (χ0n) is 18.8. The quantitative estimate of drug-likeness (QED) is 0.311. The van der Waals surface area contributed by atoms with Gasteiger partial charge in [-0.15, -0.1) is 11.6 Å². The number of anilines is 1. The molecule has 1 aromatic rings. The van der Waals surface area contributed by atoms with E-state index in [1.165, 1.54) is 6.92 Å². The first-order chi connectivity index (χ1) is 14.9. The number of carbonyl (C=O) groups excluding carboxylic acids is 1. The van der Waals surface area contributed by atoms with Crippen LogP contribution in [-0.2, 0) is 11.3 Å². The molecule has 0 N–H and O–H groups in total. The van der Waals surface area contributed by atoms with Crippen molar-refractivity contribution >= 4 is 40.5 Å². The van der Waals surface area contributed by atoms with Crippen molar-refractivity contribution in [3.8, 4) is 0 Å². The molecule has 0 radical (unpaired) electrons. The van der Waals surface area contributed by atoms with Gasteiger partial charge in [-0.05, 0) is 51.7 Å². The summed E-state index contributed by atoms with van der Waals surface area (Å²) in [4.78, 5) is 18.6. The van der Waals surface area contributed by atoms with Gasteiger partial charge in [0, 0.05) is 50.0 Å². The van der Waals surface area contributed by atoms with Crippen LogP contribution in [0.15, 0.2) is 23.3 Å². The van der Waals surface area contributed by atoms with Crippen LogP contribution in [0.5, 0.6) is 0 Å². The predicted molar refractivity (Wildman–Crippen MR) is 124 cm³/mol. The van der Waals surface area contributed by atoms with Crippen LogP contribution in [-0.4, -0.2) is 91.3 Å². The highest BCUT2D eigenvalue weighted by molar-refractivity contribution is 6.32. The number of amides is 1. The third kappa shape index (κ3) is 7.42. The first-order valence-corrected chi connectivity index (χ1v) is 11.2. The Bertz CT molecular complexity index is 809. The van der Waals surface area contributed by atoms with Crippen molar-refractivity contribution in [3.63, 3.8) is 0 Å². The van der Waals surface area contributed by atoms with Crippen molar-refractivity contribution in [2.75, 3.05) is 58.3 Å². The molecule has 1 amide bonds. The summed E-state index contributed by atoms with van der Waals surface area (Å²) in [6.07, 6.45) is -4.65. The molecule has 6 nitrogen and oxygen atoms in total. The van der Waals surface area contributed by atoms with E-state index in [1.807, 2.05) is 31.1 Å². The summed E-state index contributed by atoms with van der Waals surface area (Å²) in [6, 6.07) is 5.89. The number of hydrazone groups is 1. The van der Waals surface area contributed by atoms with E-state index in [4.69, 9.17) is 23.2 Å². The maximum Gasteiger partial charge on any atom is 0.432 e. The number of hydrogen-bond donors (Lipinski definition) is 0. The van der Waals surface area contributed by atoms with Gasteiger partial charge in [-0.3, -0.25) is 9.80 Å². The molecule has 1 aromatic carbocycles. The Morgan fingerprint density at radius 2 is 1.84 bits per heavy atom. The first-order valence-electron chi connectivity index (χ1n) is 10.4. The van der Waals surface area contributed by atoms with Gasteiger partial charge >= 0.3 is 6.18 Å². The minimum atomic E-state index is -4.65. The zero-order chi connectivity index (χ0) is 24.1. The fourth-order valence-electron chi connectivity index (χ4n) is 3.42. The van der Waals surface area contributed by atoms with Crippen molar-refractivity contribution in [2.45, 2.75) is 31.9 Å². The van der Waals surface area contributed by atoms with Crippen molar-refractivity contribution in [3.05, 3.63) is 28.8 Å². The van der Waals surface area contributed by atoms with Gasteiger partial charge in [0.15, 0.2) is 5.71 Å². The number of nitrogens with zero attached hydrogens (tertiary/aromatic N) is 5. The molecule has 0 aromatic heterocycles. The Labute approximate surface area is 197 Å². The average Bonchev–Trinajstić information content (AvgIpc) is 2.71. The van der Waals surface area contributed by atoms with Crippen LogP contribution in [0, 0.1) is 0 Å². The summed E-state index contributed by atoms with van der Waals surface area (Å²) in [7, 11) is 3.95. The van der Waals surface area contributed by atoms with Crippen molar-refractivity contribution in [1.29, 1.82) is 0 Å². The van der Waals surface area contributed by atoms with Crippen LogP contribution in [0.25, 0.3) is 0 Å². The standard InChI is InChI=1S/C21H30Cl2F3N5O/c1-5-31(27-20(15(2)22)21(24,25)26)14-19(32)30-10-8-29(9-11-30)17-6-7-18(23)16(12-17)13-28(3)4/h6-7,12,15H,5,8-11,13-14H2,1-4H3/b27-20+. The lowest BCUT2D eigenvalue weighted by Gasteiger charge is -2.37. The number of rotatable bonds is 8. The van der Waals surface area contributed by atoms with E-state index in [1.54, 1.807) is 11.8 Å². The third-order valence-electron chi connectivity index (χ3n) is 5.11. The second-order valence-electron chi connectivity index (χ2n) is 7.96. The molecule has 1 unspecified atom stereocenters. The average molecular weight is 496 g/mol. The maximum atomic E-state index is 13.1. The largest absolute Gasteiger partial charge is 0.432 e. The van der Waals surface area contributed by atoms with Gasteiger partial charge < -0.3 is 14.7 Å². The fraction of sp³-hybridized carbons (Fsp3) is 0.619. The molecule has 0 spiro atoms. The topological polar surface area (TPSA) is 42.4 Å². The van der Waals surface area contributed by atoms with Crippen LogP contribution in [0.1, 0.15) is 19.4 Å². The summed E-state index contributed by atoms with van der Waals surface area (Å²) in [6.45, 7) is 5.71. The van der Waals surface area contributed by atoms with Gasteiger partial charge in [-0.1, -0.05) is 11.6 Å². The highest BCUT2D eigenvalue weighted by Crippen LogP contribution is 2.25. The van der Waals surface area contributed by atoms with Crippen LogP contribution in [0.4, 0.5) is 18.9 Å². The number of halogens is 5. The summed E-state index contributed by atoms with van der Waals surface area (Å²) in [5.41, 5.74) is 0.956. The molecule has 1 saturated heterocycles. The van der Waals surface area contributed by atoms with E-state index < -0.39 is 17.3 Å². The summed E-state index contributed by atoms with van der Waals surface area (Å²) >= 11 is 11.9. The summed E-state index contributed by atoms with van der Waals surface area (Å²) < 4.78 is 39.4. The second-order valence-corrected chi connectivity index (χ2v) is 9.02. The highest BCUT2D eigenvalue weighted by atomic mass is 35.5. The SMILES string of the molecule is CCN(CC(=O)N1CCN(c2ccc(Cl)c(CN(C)C)c2)CC1)/N=C(\C(C)Cl)C(F)(F)F. The Hall–Kier alpha value is -1.71. The van der Waals surface area contributed by atoms with Gasteiger partial charge in [0.25, 0.3) is 0 Å². The maximum absolute atomic E-state index is 13.1. The summed E-state index contributed by atoms with van der Waals surface area (Å²) in [5, 5.41) is 4.14. The van der Waals surface area contributed by atoms with Crippen LogP contribution >= 0.6 is 23.2 Å². The molecule has 1 aliphatic rings. The minimum absolute atomic E-state index is 0.161. The molecule has 1 atom stereocenters. The van der Waals surface area contributed by atoms with Gasteiger partial charge in [-0.2, -0.15) is 18.3 Å². The van der Waals surface area contributed by atoms with E-state index in [0.717, 1.165) is 22.8 Å². The number of carbonyl (C=O) groups is 1. The Morgan fingerprint density at radius 3 is 2.34 bits per heavy atom.